The Morgan fingerprint density at radius 2 is 2.36 bits per heavy atom. The number of amides is 1. The molecule has 1 saturated heterocycles. The molecule has 0 spiro atoms. The molecule has 2 N–H and O–H groups in total. The average molecular weight is 199 g/mol. The van der Waals surface area contributed by atoms with Gasteiger partial charge < -0.3 is 14.9 Å². The van der Waals surface area contributed by atoms with E-state index in [0.717, 1.165) is 4.90 Å². The van der Waals surface area contributed by atoms with Crippen molar-refractivity contribution in [3.8, 4) is 0 Å². The van der Waals surface area contributed by atoms with E-state index in [9.17, 15) is 14.7 Å². The fourth-order valence-corrected chi connectivity index (χ4v) is 1.58. The number of aliphatic hydroxyl groups excluding tert-OH is 1. The standard InChI is InChI=1S/C8H9NO5/c1-3(10)7-6(8(12)13)9-4(11)2-5(9)14-7/h3,5,10H,2H2,1H3,(H,12,13). The van der Waals surface area contributed by atoms with Crippen LogP contribution in [0.1, 0.15) is 13.3 Å². The van der Waals surface area contributed by atoms with Gasteiger partial charge in [-0.05, 0) is 6.92 Å². The second kappa shape index (κ2) is 2.71. The number of fused-ring (bicyclic) bond motifs is 1. The molecule has 0 aromatic carbocycles. The lowest BCUT2D eigenvalue weighted by molar-refractivity contribution is -0.158. The zero-order valence-electron chi connectivity index (χ0n) is 7.43. The van der Waals surface area contributed by atoms with Crippen molar-refractivity contribution >= 4 is 11.9 Å². The number of hydrogen-bond acceptors (Lipinski definition) is 4. The lowest BCUT2D eigenvalue weighted by atomic mass is 10.1. The van der Waals surface area contributed by atoms with Crippen LogP contribution in [0.2, 0.25) is 0 Å². The number of hydrogen-bond donors (Lipinski definition) is 2. The van der Waals surface area contributed by atoms with Crippen molar-refractivity contribution in [1.29, 1.82) is 0 Å². The van der Waals surface area contributed by atoms with Gasteiger partial charge in [0, 0.05) is 0 Å². The number of ether oxygens (including phenoxy) is 1. The molecule has 6 nitrogen and oxygen atoms in total. The van der Waals surface area contributed by atoms with Gasteiger partial charge in [-0.15, -0.1) is 0 Å². The van der Waals surface area contributed by atoms with E-state index in [2.05, 4.69) is 0 Å². The molecule has 2 heterocycles. The van der Waals surface area contributed by atoms with Gasteiger partial charge in [0.15, 0.2) is 17.7 Å². The number of carboxylic acid groups (broad SMARTS) is 1. The van der Waals surface area contributed by atoms with Gasteiger partial charge in [-0.2, -0.15) is 0 Å². The first-order chi connectivity index (χ1) is 6.52. The zero-order valence-corrected chi connectivity index (χ0v) is 7.43. The number of carboxylic acids is 1. The second-order valence-electron chi connectivity index (χ2n) is 3.23. The monoisotopic (exact) mass is 199 g/mol. The first-order valence-electron chi connectivity index (χ1n) is 4.16. The summed E-state index contributed by atoms with van der Waals surface area (Å²) in [6.07, 6.45) is -1.37. The van der Waals surface area contributed by atoms with Gasteiger partial charge in [0.25, 0.3) is 0 Å². The van der Waals surface area contributed by atoms with Crippen molar-refractivity contribution in [2.45, 2.75) is 25.7 Å². The van der Waals surface area contributed by atoms with Gasteiger partial charge in [-0.1, -0.05) is 0 Å². The van der Waals surface area contributed by atoms with Crippen LogP contribution in [0, 0.1) is 0 Å². The molecule has 1 amide bonds. The molecule has 76 valence electrons. The Morgan fingerprint density at radius 3 is 2.79 bits per heavy atom. The number of aliphatic carboxylic acids is 1. The van der Waals surface area contributed by atoms with Crippen LogP contribution in [0.3, 0.4) is 0 Å². The first kappa shape index (κ1) is 9.01. The molecule has 0 aromatic heterocycles. The van der Waals surface area contributed by atoms with E-state index < -0.39 is 18.3 Å². The van der Waals surface area contributed by atoms with E-state index in [-0.39, 0.29) is 23.8 Å². The molecule has 2 aliphatic heterocycles. The number of nitrogens with zero attached hydrogens (tertiary/aromatic N) is 1. The molecular formula is C8H9NO5. The second-order valence-corrected chi connectivity index (χ2v) is 3.23. The first-order valence-corrected chi connectivity index (χ1v) is 4.16. The summed E-state index contributed by atoms with van der Waals surface area (Å²) in [4.78, 5) is 22.9. The van der Waals surface area contributed by atoms with Crippen LogP contribution in [0.5, 0.6) is 0 Å². The third-order valence-corrected chi connectivity index (χ3v) is 2.23. The largest absolute Gasteiger partial charge is 0.476 e. The molecule has 0 bridgehead atoms. The summed E-state index contributed by atoms with van der Waals surface area (Å²) in [5.41, 5.74) is -0.235. The molecule has 14 heavy (non-hydrogen) atoms. The van der Waals surface area contributed by atoms with Gasteiger partial charge in [0.2, 0.25) is 5.91 Å². The van der Waals surface area contributed by atoms with Crippen LogP contribution in [-0.2, 0) is 14.3 Å². The van der Waals surface area contributed by atoms with Gasteiger partial charge in [0.05, 0.1) is 6.42 Å². The predicted octanol–water partition coefficient (Wildman–Crippen LogP) is -0.748. The molecule has 6 heteroatoms. The molecule has 2 aliphatic rings. The smallest absolute Gasteiger partial charge is 0.356 e. The summed E-state index contributed by atoms with van der Waals surface area (Å²) >= 11 is 0. The molecule has 1 fully saturated rings. The molecule has 0 aliphatic carbocycles. The Balaban J connectivity index is 2.38. The van der Waals surface area contributed by atoms with Crippen LogP contribution in [-0.4, -0.2) is 39.3 Å². The number of rotatable bonds is 2. The molecule has 0 radical (unpaired) electrons. The number of carbonyl (C=O) groups excluding carboxylic acids is 1. The lowest BCUT2D eigenvalue weighted by Crippen LogP contribution is -2.50. The van der Waals surface area contributed by atoms with E-state index in [1.807, 2.05) is 0 Å². The van der Waals surface area contributed by atoms with Crippen molar-refractivity contribution in [3.63, 3.8) is 0 Å². The van der Waals surface area contributed by atoms with E-state index in [1.165, 1.54) is 6.92 Å². The van der Waals surface area contributed by atoms with Crippen LogP contribution >= 0.6 is 0 Å². The van der Waals surface area contributed by atoms with Crippen LogP contribution in [0.4, 0.5) is 0 Å². The Morgan fingerprint density at radius 1 is 1.71 bits per heavy atom. The molecule has 0 aromatic rings. The normalized spacial score (nSPS) is 26.9. The van der Waals surface area contributed by atoms with Crippen LogP contribution in [0.25, 0.3) is 0 Å². The highest BCUT2D eigenvalue weighted by atomic mass is 16.5. The number of carbonyl (C=O) groups is 2. The summed E-state index contributed by atoms with van der Waals surface area (Å²) in [5.74, 6) is -1.58. The Kier molecular flexibility index (Phi) is 1.75. The topological polar surface area (TPSA) is 87.1 Å². The quantitative estimate of drug-likeness (QED) is 0.571. The molecule has 2 rings (SSSR count). The third kappa shape index (κ3) is 1.00. The number of aliphatic hydroxyl groups is 1. The highest BCUT2D eigenvalue weighted by Gasteiger charge is 2.50. The highest BCUT2D eigenvalue weighted by Crippen LogP contribution is 2.37. The maximum Gasteiger partial charge on any atom is 0.356 e. The van der Waals surface area contributed by atoms with E-state index in [4.69, 9.17) is 9.84 Å². The SMILES string of the molecule is CC(O)C1=C(C(=O)O)N2C(=O)CC2O1. The van der Waals surface area contributed by atoms with Crippen molar-refractivity contribution in [2.75, 3.05) is 0 Å². The summed E-state index contributed by atoms with van der Waals surface area (Å²) in [7, 11) is 0. The van der Waals surface area contributed by atoms with Gasteiger partial charge >= 0.3 is 5.97 Å². The minimum atomic E-state index is -1.25. The lowest BCUT2D eigenvalue weighted by Gasteiger charge is -2.32. The highest BCUT2D eigenvalue weighted by molar-refractivity contribution is 5.97. The van der Waals surface area contributed by atoms with Crippen molar-refractivity contribution in [2.24, 2.45) is 0 Å². The minimum Gasteiger partial charge on any atom is -0.476 e. The van der Waals surface area contributed by atoms with E-state index in [1.54, 1.807) is 0 Å². The van der Waals surface area contributed by atoms with E-state index in [0.29, 0.717) is 0 Å². The molecular weight excluding hydrogens is 190 g/mol. The molecule has 2 unspecified atom stereocenters. The van der Waals surface area contributed by atoms with Gasteiger partial charge in [0.1, 0.15) is 6.10 Å². The predicted molar refractivity (Wildman–Crippen MR) is 42.7 cm³/mol. The summed E-state index contributed by atoms with van der Waals surface area (Å²) in [6.45, 7) is 1.40. The van der Waals surface area contributed by atoms with E-state index >= 15 is 0 Å². The minimum absolute atomic E-state index is 0.0339. The Hall–Kier alpha value is -1.56. The molecule has 0 saturated carbocycles. The maximum absolute atomic E-state index is 11.1. The van der Waals surface area contributed by atoms with Gasteiger partial charge in [-0.3, -0.25) is 9.69 Å². The molecule has 2 atom stereocenters. The Bertz CT molecular complexity index is 346. The Labute approximate surface area is 79.4 Å². The van der Waals surface area contributed by atoms with Crippen molar-refractivity contribution in [3.05, 3.63) is 11.5 Å². The zero-order chi connectivity index (χ0) is 10.5. The summed E-state index contributed by atoms with van der Waals surface area (Å²) in [5, 5.41) is 18.1. The fourth-order valence-electron chi connectivity index (χ4n) is 1.58. The number of β-lactam (4-membered cyclic amide) rings is 1. The van der Waals surface area contributed by atoms with Crippen molar-refractivity contribution in [1.82, 2.24) is 4.90 Å². The van der Waals surface area contributed by atoms with Crippen LogP contribution < -0.4 is 0 Å². The third-order valence-electron chi connectivity index (χ3n) is 2.23. The average Bonchev–Trinajstić information content (AvgIpc) is 2.37. The van der Waals surface area contributed by atoms with Crippen LogP contribution in [0.15, 0.2) is 11.5 Å². The summed E-state index contributed by atoms with van der Waals surface area (Å²) < 4.78 is 5.12. The van der Waals surface area contributed by atoms with Gasteiger partial charge in [-0.25, -0.2) is 4.79 Å². The summed E-state index contributed by atoms with van der Waals surface area (Å²) in [6, 6.07) is 0. The maximum atomic E-state index is 11.1. The fraction of sp³-hybridized carbons (Fsp3) is 0.500. The van der Waals surface area contributed by atoms with Crippen molar-refractivity contribution < 1.29 is 24.5 Å².